The first-order chi connectivity index (χ1) is 16.7. The second kappa shape index (κ2) is 9.92. The number of halogens is 3. The minimum absolute atomic E-state index is 0.491. The number of aromatic nitrogens is 2. The number of hydrogen-bond donors (Lipinski definition) is 1. The van der Waals surface area contributed by atoms with Gasteiger partial charge in [0.05, 0.1) is 30.6 Å². The summed E-state index contributed by atoms with van der Waals surface area (Å²) < 4.78 is 40.4. The van der Waals surface area contributed by atoms with Crippen LogP contribution < -0.4 is 14.8 Å². The standard InChI is InChI=1S/C26H24ClF2N3O3/c1-16(31-25(33)26(2,28)29)24(17-5-4-6-21(13-17)34-3)35-22-11-12-23-18(14-22)15-30-32(23)20-9-7-19(27)8-10-20/h4-16,24H,1-3H3,(H,31,33)/t16-,24+/m0/s1. The Morgan fingerprint density at radius 1 is 1.09 bits per heavy atom. The summed E-state index contributed by atoms with van der Waals surface area (Å²) in [6, 6.07) is 19.0. The van der Waals surface area contributed by atoms with Gasteiger partial charge < -0.3 is 14.8 Å². The van der Waals surface area contributed by atoms with Crippen molar-refractivity contribution in [3.8, 4) is 17.2 Å². The highest BCUT2D eigenvalue weighted by atomic mass is 35.5. The van der Waals surface area contributed by atoms with Gasteiger partial charge in [0.2, 0.25) is 0 Å². The molecule has 1 heterocycles. The molecule has 3 aromatic carbocycles. The van der Waals surface area contributed by atoms with Gasteiger partial charge in [-0.2, -0.15) is 13.9 Å². The maximum atomic E-state index is 13.5. The summed E-state index contributed by atoms with van der Waals surface area (Å²) in [6.45, 7) is 2.17. The van der Waals surface area contributed by atoms with E-state index in [1.807, 2.05) is 24.3 Å². The maximum Gasteiger partial charge on any atom is 0.321 e. The molecular formula is C26H24ClF2N3O3. The number of rotatable bonds is 8. The number of carbonyl (C=O) groups excluding carboxylic acids is 1. The second-order valence-corrected chi connectivity index (χ2v) is 8.66. The van der Waals surface area contributed by atoms with Gasteiger partial charge in [0.1, 0.15) is 17.6 Å². The smallest absolute Gasteiger partial charge is 0.321 e. The van der Waals surface area contributed by atoms with Crippen LogP contribution in [0.3, 0.4) is 0 Å². The maximum absolute atomic E-state index is 13.5. The van der Waals surface area contributed by atoms with Crippen LogP contribution in [-0.2, 0) is 4.79 Å². The summed E-state index contributed by atoms with van der Waals surface area (Å²) in [5.74, 6) is -3.82. The Kier molecular flexibility index (Phi) is 6.93. The molecule has 0 spiro atoms. The lowest BCUT2D eigenvalue weighted by Crippen LogP contribution is -2.46. The van der Waals surface area contributed by atoms with Gasteiger partial charge in [0.15, 0.2) is 0 Å². The van der Waals surface area contributed by atoms with Crippen molar-refractivity contribution in [1.82, 2.24) is 15.1 Å². The van der Waals surface area contributed by atoms with Crippen LogP contribution in [-0.4, -0.2) is 34.8 Å². The number of ether oxygens (including phenoxy) is 2. The van der Waals surface area contributed by atoms with E-state index >= 15 is 0 Å². The molecule has 0 radical (unpaired) electrons. The molecule has 4 rings (SSSR count). The Morgan fingerprint density at radius 2 is 1.83 bits per heavy atom. The monoisotopic (exact) mass is 499 g/mol. The van der Waals surface area contributed by atoms with Crippen LogP contribution >= 0.6 is 11.6 Å². The van der Waals surface area contributed by atoms with Gasteiger partial charge in [0.25, 0.3) is 5.91 Å². The molecule has 1 N–H and O–H groups in total. The van der Waals surface area contributed by atoms with Crippen molar-refractivity contribution < 1.29 is 23.0 Å². The summed E-state index contributed by atoms with van der Waals surface area (Å²) in [5.41, 5.74) is 2.36. The van der Waals surface area contributed by atoms with E-state index in [1.165, 1.54) is 7.11 Å². The largest absolute Gasteiger partial charge is 0.497 e. The number of nitrogens with one attached hydrogen (secondary N) is 1. The summed E-state index contributed by atoms with van der Waals surface area (Å²) >= 11 is 5.99. The molecule has 1 amide bonds. The molecule has 0 aliphatic carbocycles. The first-order valence-corrected chi connectivity index (χ1v) is 11.3. The zero-order valence-electron chi connectivity index (χ0n) is 19.3. The molecule has 35 heavy (non-hydrogen) atoms. The highest BCUT2D eigenvalue weighted by molar-refractivity contribution is 6.30. The molecule has 0 saturated heterocycles. The highest BCUT2D eigenvalue weighted by Gasteiger charge is 2.35. The van der Waals surface area contributed by atoms with Crippen LogP contribution in [0.2, 0.25) is 5.02 Å². The van der Waals surface area contributed by atoms with E-state index in [9.17, 15) is 13.6 Å². The number of fused-ring (bicyclic) bond motifs is 1. The van der Waals surface area contributed by atoms with Gasteiger partial charge in [-0.3, -0.25) is 4.79 Å². The van der Waals surface area contributed by atoms with Crippen molar-refractivity contribution in [2.75, 3.05) is 7.11 Å². The van der Waals surface area contributed by atoms with Crippen molar-refractivity contribution >= 4 is 28.4 Å². The molecule has 9 heteroatoms. The number of alkyl halides is 2. The molecule has 4 aromatic rings. The molecule has 6 nitrogen and oxygen atoms in total. The predicted octanol–water partition coefficient (Wildman–Crippen LogP) is 5.97. The summed E-state index contributed by atoms with van der Waals surface area (Å²) in [7, 11) is 1.53. The molecule has 0 aliphatic rings. The van der Waals surface area contributed by atoms with Crippen LogP contribution in [0.25, 0.3) is 16.6 Å². The quantitative estimate of drug-likeness (QED) is 0.324. The third kappa shape index (κ3) is 5.54. The summed E-state index contributed by atoms with van der Waals surface area (Å²) in [6.07, 6.45) is 0.945. The van der Waals surface area contributed by atoms with Crippen molar-refractivity contribution in [3.63, 3.8) is 0 Å². The number of nitrogens with zero attached hydrogens (tertiary/aromatic N) is 2. The SMILES string of the molecule is COc1cccc([C@H](Oc2ccc3c(cnn3-c3ccc(Cl)cc3)c2)[C@H](C)NC(=O)C(C)(F)F)c1. The number of carbonyl (C=O) groups is 1. The van der Waals surface area contributed by atoms with Gasteiger partial charge in [-0.25, -0.2) is 4.68 Å². The zero-order chi connectivity index (χ0) is 25.2. The lowest BCUT2D eigenvalue weighted by molar-refractivity contribution is -0.144. The number of hydrogen-bond acceptors (Lipinski definition) is 4. The topological polar surface area (TPSA) is 65.4 Å². The zero-order valence-corrected chi connectivity index (χ0v) is 20.1. The Morgan fingerprint density at radius 3 is 2.51 bits per heavy atom. The normalized spacial score (nSPS) is 13.3. The minimum Gasteiger partial charge on any atom is -0.497 e. The Bertz CT molecular complexity index is 1340. The lowest BCUT2D eigenvalue weighted by Gasteiger charge is -2.27. The van der Waals surface area contributed by atoms with Crippen molar-refractivity contribution in [1.29, 1.82) is 0 Å². The van der Waals surface area contributed by atoms with Crippen LogP contribution in [0, 0.1) is 0 Å². The number of amides is 1. The van der Waals surface area contributed by atoms with E-state index in [4.69, 9.17) is 21.1 Å². The van der Waals surface area contributed by atoms with Crippen LogP contribution in [0.4, 0.5) is 8.78 Å². The molecule has 182 valence electrons. The molecule has 1 aromatic heterocycles. The average molecular weight is 500 g/mol. The Labute approximate surface area is 206 Å². The predicted molar refractivity (Wildman–Crippen MR) is 131 cm³/mol. The molecule has 0 aliphatic heterocycles. The average Bonchev–Trinajstić information content (AvgIpc) is 3.25. The van der Waals surface area contributed by atoms with Gasteiger partial charge >= 0.3 is 5.92 Å². The molecule has 0 bridgehead atoms. The minimum atomic E-state index is -3.51. The van der Waals surface area contributed by atoms with Gasteiger partial charge in [-0.15, -0.1) is 0 Å². The van der Waals surface area contributed by atoms with E-state index in [0.717, 1.165) is 16.6 Å². The van der Waals surface area contributed by atoms with Gasteiger partial charge in [0, 0.05) is 17.3 Å². The summed E-state index contributed by atoms with van der Waals surface area (Å²) in [5, 5.41) is 8.27. The van der Waals surface area contributed by atoms with Crippen LogP contribution in [0.5, 0.6) is 11.5 Å². The fourth-order valence-corrected chi connectivity index (χ4v) is 3.83. The highest BCUT2D eigenvalue weighted by Crippen LogP contribution is 2.31. The van der Waals surface area contributed by atoms with Crippen molar-refractivity contribution in [2.24, 2.45) is 0 Å². The molecule has 2 atom stereocenters. The summed E-state index contributed by atoms with van der Waals surface area (Å²) in [4.78, 5) is 12.0. The van der Waals surface area contributed by atoms with Crippen molar-refractivity contribution in [3.05, 3.63) is 83.5 Å². The van der Waals surface area contributed by atoms with E-state index in [0.29, 0.717) is 29.0 Å². The Balaban J connectivity index is 1.65. The van der Waals surface area contributed by atoms with Crippen LogP contribution in [0.15, 0.2) is 72.9 Å². The van der Waals surface area contributed by atoms with Crippen LogP contribution in [0.1, 0.15) is 25.5 Å². The number of methoxy groups -OCH3 is 1. The Hall–Kier alpha value is -3.65. The molecule has 0 unspecified atom stereocenters. The van der Waals surface area contributed by atoms with E-state index in [1.54, 1.807) is 60.3 Å². The van der Waals surface area contributed by atoms with Gasteiger partial charge in [-0.1, -0.05) is 23.7 Å². The third-order valence-electron chi connectivity index (χ3n) is 5.51. The molecule has 0 fully saturated rings. The van der Waals surface area contributed by atoms with Crippen molar-refractivity contribution in [2.45, 2.75) is 31.9 Å². The van der Waals surface area contributed by atoms with E-state index < -0.39 is 24.0 Å². The number of benzene rings is 3. The first-order valence-electron chi connectivity index (χ1n) is 10.9. The second-order valence-electron chi connectivity index (χ2n) is 8.22. The van der Waals surface area contributed by atoms with Gasteiger partial charge in [-0.05, 0) is 67.1 Å². The van der Waals surface area contributed by atoms with E-state index in [2.05, 4.69) is 10.4 Å². The van der Waals surface area contributed by atoms with E-state index in [-0.39, 0.29) is 0 Å². The lowest BCUT2D eigenvalue weighted by atomic mass is 10.0. The molecule has 0 saturated carbocycles. The fraction of sp³-hybridized carbons (Fsp3) is 0.231. The molecular weight excluding hydrogens is 476 g/mol. The first kappa shape index (κ1) is 24.5. The fourth-order valence-electron chi connectivity index (χ4n) is 3.71. The third-order valence-corrected chi connectivity index (χ3v) is 5.76.